The molecule has 1 heterocycles. The molecule has 3 rings (SSSR count). The highest BCUT2D eigenvalue weighted by atomic mass is 16.5. The molecule has 0 bridgehead atoms. The van der Waals surface area contributed by atoms with Crippen molar-refractivity contribution in [2.75, 3.05) is 18.5 Å². The predicted octanol–water partition coefficient (Wildman–Crippen LogP) is 3.30. The molecular formula is C19H22N2O2. The summed E-state index contributed by atoms with van der Waals surface area (Å²) in [6, 6.07) is 15.7. The second-order valence-corrected chi connectivity index (χ2v) is 5.65. The number of nitrogens with one attached hydrogen (secondary N) is 2. The van der Waals surface area contributed by atoms with E-state index in [0.29, 0.717) is 13.0 Å². The number of amides is 1. The maximum Gasteiger partial charge on any atom is 0.232 e. The molecule has 1 aliphatic rings. The number of hydrogen-bond donors (Lipinski definition) is 2. The van der Waals surface area contributed by atoms with Crippen LogP contribution in [0.5, 0.6) is 5.75 Å². The van der Waals surface area contributed by atoms with E-state index in [2.05, 4.69) is 17.6 Å². The van der Waals surface area contributed by atoms with Crippen LogP contribution in [0.4, 0.5) is 5.69 Å². The minimum absolute atomic E-state index is 0.0321. The van der Waals surface area contributed by atoms with E-state index < -0.39 is 0 Å². The van der Waals surface area contributed by atoms with Crippen LogP contribution >= 0.6 is 0 Å². The van der Waals surface area contributed by atoms with Gasteiger partial charge in [0.1, 0.15) is 5.75 Å². The molecule has 0 fully saturated rings. The number of fused-ring (bicyclic) bond motifs is 1. The molecule has 1 atom stereocenters. The van der Waals surface area contributed by atoms with Gasteiger partial charge in [-0.05, 0) is 30.7 Å². The molecule has 4 heteroatoms. The summed E-state index contributed by atoms with van der Waals surface area (Å²) < 4.78 is 5.64. The topological polar surface area (TPSA) is 50.4 Å². The zero-order valence-corrected chi connectivity index (χ0v) is 13.3. The maximum absolute atomic E-state index is 12.8. The molecule has 0 spiro atoms. The minimum atomic E-state index is -0.160. The van der Waals surface area contributed by atoms with Crippen LogP contribution in [-0.2, 0) is 11.3 Å². The first kappa shape index (κ1) is 15.6. The zero-order valence-electron chi connectivity index (χ0n) is 13.3. The summed E-state index contributed by atoms with van der Waals surface area (Å²) in [5.74, 6) is 0.691. The molecular weight excluding hydrogens is 288 g/mol. The van der Waals surface area contributed by atoms with Crippen molar-refractivity contribution in [2.24, 2.45) is 0 Å². The number of hydrogen-bond acceptors (Lipinski definition) is 3. The average Bonchev–Trinajstić information content (AvgIpc) is 2.60. The van der Waals surface area contributed by atoms with Gasteiger partial charge in [-0.3, -0.25) is 4.79 Å². The highest BCUT2D eigenvalue weighted by molar-refractivity contribution is 5.97. The van der Waals surface area contributed by atoms with Gasteiger partial charge in [-0.1, -0.05) is 43.3 Å². The van der Waals surface area contributed by atoms with Gasteiger partial charge in [0.05, 0.1) is 12.5 Å². The Kier molecular flexibility index (Phi) is 4.93. The molecule has 0 radical (unpaired) electrons. The molecule has 23 heavy (non-hydrogen) atoms. The zero-order chi connectivity index (χ0) is 16.1. The Morgan fingerprint density at radius 2 is 1.96 bits per heavy atom. The standard InChI is InChI=1S/C19H22N2O2/c1-2-20-13-14-7-3-5-9-17(14)21-19(22)16-11-12-23-18-10-6-4-8-15(16)18/h3-10,16,20H,2,11-13H2,1H3,(H,21,22). The third kappa shape index (κ3) is 3.54. The van der Waals surface area contributed by atoms with Gasteiger partial charge in [-0.15, -0.1) is 0 Å². The Hall–Kier alpha value is -2.33. The summed E-state index contributed by atoms with van der Waals surface area (Å²) in [7, 11) is 0. The fourth-order valence-corrected chi connectivity index (χ4v) is 2.89. The maximum atomic E-state index is 12.8. The number of benzene rings is 2. The Bertz CT molecular complexity index is 685. The smallest absolute Gasteiger partial charge is 0.232 e. The van der Waals surface area contributed by atoms with Crippen LogP contribution < -0.4 is 15.4 Å². The number of rotatable bonds is 5. The van der Waals surface area contributed by atoms with Gasteiger partial charge >= 0.3 is 0 Å². The molecule has 120 valence electrons. The van der Waals surface area contributed by atoms with E-state index in [1.807, 2.05) is 48.5 Å². The van der Waals surface area contributed by atoms with Crippen molar-refractivity contribution < 1.29 is 9.53 Å². The van der Waals surface area contributed by atoms with Crippen LogP contribution in [0.25, 0.3) is 0 Å². The second-order valence-electron chi connectivity index (χ2n) is 5.65. The molecule has 2 aromatic carbocycles. The Morgan fingerprint density at radius 3 is 2.83 bits per heavy atom. The fourth-order valence-electron chi connectivity index (χ4n) is 2.89. The van der Waals surface area contributed by atoms with Crippen LogP contribution in [0.2, 0.25) is 0 Å². The third-order valence-electron chi connectivity index (χ3n) is 4.12. The molecule has 0 aliphatic carbocycles. The first-order chi connectivity index (χ1) is 11.3. The summed E-state index contributed by atoms with van der Waals surface area (Å²) >= 11 is 0. The van der Waals surface area contributed by atoms with Crippen molar-refractivity contribution in [2.45, 2.75) is 25.8 Å². The largest absolute Gasteiger partial charge is 0.493 e. The number of ether oxygens (including phenoxy) is 1. The first-order valence-corrected chi connectivity index (χ1v) is 8.10. The lowest BCUT2D eigenvalue weighted by Crippen LogP contribution is -2.27. The van der Waals surface area contributed by atoms with E-state index in [0.717, 1.165) is 35.7 Å². The summed E-state index contributed by atoms with van der Waals surface area (Å²) in [5, 5.41) is 6.40. The first-order valence-electron chi connectivity index (χ1n) is 8.10. The van der Waals surface area contributed by atoms with E-state index in [9.17, 15) is 4.79 Å². The minimum Gasteiger partial charge on any atom is -0.493 e. The van der Waals surface area contributed by atoms with Crippen LogP contribution in [0.3, 0.4) is 0 Å². The van der Waals surface area contributed by atoms with Crippen LogP contribution in [0.15, 0.2) is 48.5 Å². The Morgan fingerprint density at radius 1 is 1.17 bits per heavy atom. The molecule has 1 unspecified atom stereocenters. The predicted molar refractivity (Wildman–Crippen MR) is 91.7 cm³/mol. The van der Waals surface area contributed by atoms with Crippen molar-refractivity contribution in [1.29, 1.82) is 0 Å². The molecule has 0 aromatic heterocycles. The van der Waals surface area contributed by atoms with E-state index in [1.54, 1.807) is 0 Å². The monoisotopic (exact) mass is 310 g/mol. The van der Waals surface area contributed by atoms with Gasteiger partial charge in [0, 0.05) is 17.8 Å². The van der Waals surface area contributed by atoms with Gasteiger partial charge < -0.3 is 15.4 Å². The van der Waals surface area contributed by atoms with Crippen molar-refractivity contribution in [3.05, 3.63) is 59.7 Å². The lowest BCUT2D eigenvalue weighted by molar-refractivity contribution is -0.118. The summed E-state index contributed by atoms with van der Waals surface area (Å²) in [6.07, 6.45) is 0.707. The highest BCUT2D eigenvalue weighted by Gasteiger charge is 2.27. The van der Waals surface area contributed by atoms with Crippen LogP contribution in [0, 0.1) is 0 Å². The van der Waals surface area contributed by atoms with Crippen molar-refractivity contribution >= 4 is 11.6 Å². The van der Waals surface area contributed by atoms with Crippen LogP contribution in [-0.4, -0.2) is 19.1 Å². The van der Waals surface area contributed by atoms with Gasteiger partial charge in [0.2, 0.25) is 5.91 Å². The van der Waals surface area contributed by atoms with Gasteiger partial charge in [0.25, 0.3) is 0 Å². The number of carbonyl (C=O) groups is 1. The van der Waals surface area contributed by atoms with Crippen LogP contribution in [0.1, 0.15) is 30.4 Å². The quantitative estimate of drug-likeness (QED) is 0.891. The summed E-state index contributed by atoms with van der Waals surface area (Å²) in [6.45, 7) is 4.29. The molecule has 0 saturated carbocycles. The SMILES string of the molecule is CCNCc1ccccc1NC(=O)C1CCOc2ccccc21. The third-order valence-corrected chi connectivity index (χ3v) is 4.12. The fraction of sp³-hybridized carbons (Fsp3) is 0.316. The number of para-hydroxylation sites is 2. The van der Waals surface area contributed by atoms with E-state index in [1.165, 1.54) is 0 Å². The lowest BCUT2D eigenvalue weighted by Gasteiger charge is -2.25. The van der Waals surface area contributed by atoms with Crippen molar-refractivity contribution in [3.63, 3.8) is 0 Å². The highest BCUT2D eigenvalue weighted by Crippen LogP contribution is 2.34. The van der Waals surface area contributed by atoms with E-state index >= 15 is 0 Å². The summed E-state index contributed by atoms with van der Waals surface area (Å²) in [4.78, 5) is 12.8. The summed E-state index contributed by atoms with van der Waals surface area (Å²) in [5.41, 5.74) is 2.95. The van der Waals surface area contributed by atoms with Gasteiger partial charge in [-0.2, -0.15) is 0 Å². The lowest BCUT2D eigenvalue weighted by atomic mass is 9.92. The average molecular weight is 310 g/mol. The number of anilines is 1. The molecule has 1 amide bonds. The van der Waals surface area contributed by atoms with E-state index in [-0.39, 0.29) is 11.8 Å². The molecule has 0 saturated heterocycles. The second kappa shape index (κ2) is 7.29. The van der Waals surface area contributed by atoms with E-state index in [4.69, 9.17) is 4.74 Å². The van der Waals surface area contributed by atoms with Crippen molar-refractivity contribution in [1.82, 2.24) is 5.32 Å². The molecule has 1 aliphatic heterocycles. The normalized spacial score (nSPS) is 16.3. The molecule has 2 N–H and O–H groups in total. The number of carbonyl (C=O) groups excluding carboxylic acids is 1. The Balaban J connectivity index is 1.78. The Labute approximate surface area is 136 Å². The van der Waals surface area contributed by atoms with Gasteiger partial charge in [0.15, 0.2) is 0 Å². The molecule has 4 nitrogen and oxygen atoms in total. The molecule has 2 aromatic rings. The van der Waals surface area contributed by atoms with Crippen molar-refractivity contribution in [3.8, 4) is 5.75 Å². The van der Waals surface area contributed by atoms with Gasteiger partial charge in [-0.25, -0.2) is 0 Å².